The molecule has 52 heavy (non-hydrogen) atoms. The van der Waals surface area contributed by atoms with E-state index in [1.807, 2.05) is 11.3 Å². The molecule has 0 aliphatic heterocycles. The van der Waals surface area contributed by atoms with Crippen LogP contribution in [0, 0.1) is 0 Å². The molecule has 0 N–H and O–H groups in total. The zero-order chi connectivity index (χ0) is 34.2. The maximum absolute atomic E-state index is 2.44. The predicted octanol–water partition coefficient (Wildman–Crippen LogP) is 14.1. The summed E-state index contributed by atoms with van der Waals surface area (Å²) < 4.78 is 2.68. The van der Waals surface area contributed by atoms with E-state index in [1.54, 1.807) is 0 Å². The number of benzene rings is 9. The van der Waals surface area contributed by atoms with Gasteiger partial charge in [0, 0.05) is 20.2 Å². The zero-order valence-electron chi connectivity index (χ0n) is 28.4. The van der Waals surface area contributed by atoms with Crippen molar-refractivity contribution in [2.45, 2.75) is 5.41 Å². The van der Waals surface area contributed by atoms with Crippen LogP contribution in [0.15, 0.2) is 194 Å². The van der Waals surface area contributed by atoms with Gasteiger partial charge in [0.15, 0.2) is 0 Å². The highest BCUT2D eigenvalue weighted by molar-refractivity contribution is 7.25. The molecule has 11 rings (SSSR count). The van der Waals surface area contributed by atoms with Crippen molar-refractivity contribution in [2.24, 2.45) is 0 Å². The van der Waals surface area contributed by atoms with Gasteiger partial charge in [-0.1, -0.05) is 164 Å². The molecule has 0 fully saturated rings. The highest BCUT2D eigenvalue weighted by atomic mass is 32.1. The number of thiophene rings is 1. The van der Waals surface area contributed by atoms with Gasteiger partial charge in [0.25, 0.3) is 0 Å². The van der Waals surface area contributed by atoms with E-state index in [2.05, 4.69) is 194 Å². The minimum atomic E-state index is -0.439. The smallest absolute Gasteiger partial charge is 0.0719 e. The molecule has 0 saturated carbocycles. The van der Waals surface area contributed by atoms with Crippen LogP contribution in [0.5, 0.6) is 0 Å². The van der Waals surface area contributed by atoms with Crippen molar-refractivity contribution in [3.05, 3.63) is 216 Å². The van der Waals surface area contributed by atoms with E-state index in [9.17, 15) is 0 Å². The van der Waals surface area contributed by atoms with Crippen molar-refractivity contribution in [2.75, 3.05) is 0 Å². The summed E-state index contributed by atoms with van der Waals surface area (Å²) in [4.78, 5) is 0. The van der Waals surface area contributed by atoms with Gasteiger partial charge in [-0.3, -0.25) is 0 Å². The van der Waals surface area contributed by atoms with Gasteiger partial charge in [0.05, 0.1) is 5.41 Å². The van der Waals surface area contributed by atoms with Crippen LogP contribution in [0.1, 0.15) is 22.3 Å². The number of hydrogen-bond acceptors (Lipinski definition) is 1. The van der Waals surface area contributed by atoms with Crippen molar-refractivity contribution in [3.8, 4) is 33.4 Å². The standard InChI is InChI=1S/C51H32S/c1-3-11-40(12-4-1)51(41-13-5-2-6-14-41)47-17-9-7-15-42(47)45-28-25-33-19-20-38(31-46(33)50(45)51)36-23-21-35-30-37(24-22-34(35)29-36)39-26-27-44-43-16-8-10-18-48(43)52-49(44)32-39/h1-32H. The van der Waals surface area contributed by atoms with Gasteiger partial charge in [-0.05, 0) is 108 Å². The summed E-state index contributed by atoms with van der Waals surface area (Å²) in [5, 5.41) is 7.73. The summed E-state index contributed by atoms with van der Waals surface area (Å²) in [6.07, 6.45) is 0. The van der Waals surface area contributed by atoms with Crippen LogP contribution in [-0.4, -0.2) is 0 Å². The summed E-state index contributed by atoms with van der Waals surface area (Å²) in [5.41, 5.74) is 12.4. The lowest BCUT2D eigenvalue weighted by Gasteiger charge is -2.34. The first-order chi connectivity index (χ1) is 25.8. The van der Waals surface area contributed by atoms with Gasteiger partial charge in [-0.15, -0.1) is 11.3 Å². The highest BCUT2D eigenvalue weighted by Gasteiger charge is 2.46. The molecular weight excluding hydrogens is 645 g/mol. The van der Waals surface area contributed by atoms with Gasteiger partial charge in [0.2, 0.25) is 0 Å². The number of hydrogen-bond donors (Lipinski definition) is 0. The molecule has 1 aromatic heterocycles. The molecule has 1 heteroatoms. The van der Waals surface area contributed by atoms with Crippen LogP contribution >= 0.6 is 11.3 Å². The van der Waals surface area contributed by atoms with Crippen molar-refractivity contribution in [1.29, 1.82) is 0 Å². The lowest BCUT2D eigenvalue weighted by molar-refractivity contribution is 0.775. The van der Waals surface area contributed by atoms with Crippen LogP contribution in [0.4, 0.5) is 0 Å². The summed E-state index contributed by atoms with van der Waals surface area (Å²) in [6.45, 7) is 0. The molecule has 0 amide bonds. The second-order valence-corrected chi connectivity index (χ2v) is 15.1. The van der Waals surface area contributed by atoms with E-state index in [0.29, 0.717) is 0 Å². The topological polar surface area (TPSA) is 0 Å². The molecule has 9 aromatic carbocycles. The average Bonchev–Trinajstić information content (AvgIpc) is 3.75. The zero-order valence-corrected chi connectivity index (χ0v) is 29.2. The van der Waals surface area contributed by atoms with Crippen LogP contribution < -0.4 is 0 Å². The van der Waals surface area contributed by atoms with Crippen molar-refractivity contribution in [1.82, 2.24) is 0 Å². The van der Waals surface area contributed by atoms with E-state index in [-0.39, 0.29) is 0 Å². The average molecular weight is 677 g/mol. The molecule has 242 valence electrons. The maximum Gasteiger partial charge on any atom is 0.0719 e. The van der Waals surface area contributed by atoms with Crippen molar-refractivity contribution in [3.63, 3.8) is 0 Å². The fourth-order valence-electron chi connectivity index (χ4n) is 8.96. The Morgan fingerprint density at radius 1 is 0.327 bits per heavy atom. The molecular formula is C51H32S. The lowest BCUT2D eigenvalue weighted by atomic mass is 9.66. The Bertz CT molecular complexity index is 2960. The Labute approximate surface area is 306 Å². The van der Waals surface area contributed by atoms with E-state index < -0.39 is 5.41 Å². The summed E-state index contributed by atoms with van der Waals surface area (Å²) in [6, 6.07) is 72.4. The second-order valence-electron chi connectivity index (χ2n) is 14.0. The minimum absolute atomic E-state index is 0.439. The first-order valence-electron chi connectivity index (χ1n) is 18.0. The predicted molar refractivity (Wildman–Crippen MR) is 223 cm³/mol. The third kappa shape index (κ3) is 4.27. The van der Waals surface area contributed by atoms with Crippen molar-refractivity contribution < 1.29 is 0 Å². The molecule has 1 heterocycles. The molecule has 1 aliphatic rings. The van der Waals surface area contributed by atoms with Gasteiger partial charge in [0.1, 0.15) is 0 Å². The summed E-state index contributed by atoms with van der Waals surface area (Å²) in [5.74, 6) is 0. The molecule has 0 saturated heterocycles. The molecule has 0 radical (unpaired) electrons. The highest BCUT2D eigenvalue weighted by Crippen LogP contribution is 2.58. The third-order valence-electron chi connectivity index (χ3n) is 11.3. The van der Waals surface area contributed by atoms with Crippen LogP contribution in [0.25, 0.3) is 75.1 Å². The molecule has 10 aromatic rings. The Morgan fingerprint density at radius 2 is 0.865 bits per heavy atom. The lowest BCUT2D eigenvalue weighted by Crippen LogP contribution is -2.28. The van der Waals surface area contributed by atoms with Crippen LogP contribution in [0.2, 0.25) is 0 Å². The summed E-state index contributed by atoms with van der Waals surface area (Å²) in [7, 11) is 0. The first kappa shape index (κ1) is 29.5. The van der Waals surface area contributed by atoms with Gasteiger partial charge < -0.3 is 0 Å². The van der Waals surface area contributed by atoms with E-state index >= 15 is 0 Å². The van der Waals surface area contributed by atoms with E-state index in [1.165, 1.54) is 97.4 Å². The molecule has 0 nitrogen and oxygen atoms in total. The Balaban J connectivity index is 1.06. The minimum Gasteiger partial charge on any atom is -0.135 e. The van der Waals surface area contributed by atoms with E-state index in [0.717, 1.165) is 0 Å². The number of fused-ring (bicyclic) bond motifs is 9. The van der Waals surface area contributed by atoms with Gasteiger partial charge in [-0.2, -0.15) is 0 Å². The normalized spacial score (nSPS) is 13.2. The Kier molecular flexibility index (Phi) is 6.44. The number of rotatable bonds is 4. The molecule has 1 aliphatic carbocycles. The largest absolute Gasteiger partial charge is 0.135 e. The van der Waals surface area contributed by atoms with Crippen LogP contribution in [0.3, 0.4) is 0 Å². The van der Waals surface area contributed by atoms with Crippen LogP contribution in [-0.2, 0) is 5.41 Å². The maximum atomic E-state index is 2.44. The molecule has 0 bridgehead atoms. The van der Waals surface area contributed by atoms with Gasteiger partial charge >= 0.3 is 0 Å². The third-order valence-corrected chi connectivity index (χ3v) is 12.5. The second kappa shape index (κ2) is 11.4. The molecule has 0 atom stereocenters. The van der Waals surface area contributed by atoms with Crippen molar-refractivity contribution >= 4 is 53.1 Å². The fraction of sp³-hybridized carbons (Fsp3) is 0.0196. The van der Waals surface area contributed by atoms with Gasteiger partial charge in [-0.25, -0.2) is 0 Å². The fourth-order valence-corrected chi connectivity index (χ4v) is 10.1. The van der Waals surface area contributed by atoms with E-state index in [4.69, 9.17) is 0 Å². The summed E-state index contributed by atoms with van der Waals surface area (Å²) >= 11 is 1.88. The first-order valence-corrected chi connectivity index (χ1v) is 18.8. The Morgan fingerprint density at radius 3 is 1.60 bits per heavy atom. The molecule has 0 spiro atoms. The SMILES string of the molecule is c1ccc(C2(c3ccccc3)c3ccccc3-c3ccc4ccc(-c5ccc6cc(-c7ccc8c(c7)sc7ccccc78)ccc6c5)cc4c32)cc1. The Hall–Kier alpha value is -6.28. The quantitative estimate of drug-likeness (QED) is 0.174. The monoisotopic (exact) mass is 676 g/mol. The molecule has 0 unspecified atom stereocenters.